The molecule has 1 aromatic carbocycles. The number of urea groups is 1. The summed E-state index contributed by atoms with van der Waals surface area (Å²) in [4.78, 5) is 24.8. The van der Waals surface area contributed by atoms with Gasteiger partial charge in [0.2, 0.25) is 15.9 Å². The minimum atomic E-state index is -4.62. The van der Waals surface area contributed by atoms with E-state index in [0.29, 0.717) is 10.6 Å². The van der Waals surface area contributed by atoms with Crippen molar-refractivity contribution >= 4 is 27.6 Å². The van der Waals surface area contributed by atoms with Gasteiger partial charge in [-0.05, 0) is 67.2 Å². The summed E-state index contributed by atoms with van der Waals surface area (Å²) in [5.74, 6) is -0.747. The van der Waals surface area contributed by atoms with Gasteiger partial charge in [-0.2, -0.15) is 13.2 Å². The van der Waals surface area contributed by atoms with E-state index >= 15 is 0 Å². The Morgan fingerprint density at radius 3 is 2.26 bits per heavy atom. The SMILES string of the molecule is O=C(Nc1c2c(cc3c1CCC3)CCC2)NS(=O)(=O)C1CCC(=O)N(CC(F)(F)F)C1. The summed E-state index contributed by atoms with van der Waals surface area (Å²) in [5, 5.41) is 1.42. The van der Waals surface area contributed by atoms with Gasteiger partial charge in [-0.1, -0.05) is 6.07 Å². The molecule has 11 heteroatoms. The van der Waals surface area contributed by atoms with Crippen LogP contribution in [-0.2, 0) is 40.5 Å². The Morgan fingerprint density at radius 2 is 1.68 bits per heavy atom. The van der Waals surface area contributed by atoms with Gasteiger partial charge in [0.05, 0.1) is 5.25 Å². The zero-order valence-electron chi connectivity index (χ0n) is 16.8. The van der Waals surface area contributed by atoms with Crippen LogP contribution < -0.4 is 10.0 Å². The van der Waals surface area contributed by atoms with Crippen molar-refractivity contribution in [3.63, 3.8) is 0 Å². The van der Waals surface area contributed by atoms with Crippen molar-refractivity contribution in [3.8, 4) is 0 Å². The number of halogens is 3. The smallest absolute Gasteiger partial charge is 0.332 e. The molecule has 7 nitrogen and oxygen atoms in total. The Morgan fingerprint density at radius 1 is 1.06 bits per heavy atom. The summed E-state index contributed by atoms with van der Waals surface area (Å²) >= 11 is 0. The molecular formula is C20H24F3N3O4S. The number of nitrogens with one attached hydrogen (secondary N) is 2. The number of carbonyl (C=O) groups is 2. The van der Waals surface area contributed by atoms with Gasteiger partial charge in [0.25, 0.3) is 0 Å². The standard InChI is InChI=1S/C20H24F3N3O4S/c21-20(22,23)11-26-10-14(7-8-17(26)27)31(29,30)25-19(28)24-18-15-5-1-3-12(15)9-13-4-2-6-16(13)18/h9,14H,1-8,10-11H2,(H2,24,25,28). The van der Waals surface area contributed by atoms with Crippen molar-refractivity contribution < 1.29 is 31.2 Å². The number of hydrogen-bond acceptors (Lipinski definition) is 4. The fraction of sp³-hybridized carbons (Fsp3) is 0.600. The second-order valence-electron chi connectivity index (χ2n) is 8.39. The largest absolute Gasteiger partial charge is 0.406 e. The van der Waals surface area contributed by atoms with Gasteiger partial charge >= 0.3 is 12.2 Å². The van der Waals surface area contributed by atoms with Crippen LogP contribution in [0.3, 0.4) is 0 Å². The number of piperidine rings is 1. The Kier molecular flexibility index (Phi) is 5.65. The number of alkyl halides is 3. The number of benzene rings is 1. The predicted octanol–water partition coefficient (Wildman–Crippen LogP) is 2.67. The normalized spacial score (nSPS) is 21.1. The van der Waals surface area contributed by atoms with Gasteiger partial charge in [0.1, 0.15) is 6.54 Å². The van der Waals surface area contributed by atoms with Gasteiger partial charge in [0, 0.05) is 18.7 Å². The van der Waals surface area contributed by atoms with Gasteiger partial charge in [-0.3, -0.25) is 4.79 Å². The first kappa shape index (κ1) is 21.9. The van der Waals surface area contributed by atoms with Crippen molar-refractivity contribution in [1.29, 1.82) is 0 Å². The molecule has 1 saturated heterocycles. The monoisotopic (exact) mass is 459 g/mol. The molecule has 3 aliphatic rings. The molecule has 3 amide bonds. The molecule has 170 valence electrons. The second-order valence-corrected chi connectivity index (χ2v) is 10.3. The molecule has 0 aromatic heterocycles. The lowest BCUT2D eigenvalue weighted by atomic mass is 9.99. The van der Waals surface area contributed by atoms with Crippen molar-refractivity contribution in [1.82, 2.24) is 9.62 Å². The first-order valence-electron chi connectivity index (χ1n) is 10.4. The summed E-state index contributed by atoms with van der Waals surface area (Å²) in [6, 6.07) is 1.26. The zero-order chi connectivity index (χ0) is 22.4. The molecular weight excluding hydrogens is 435 g/mol. The highest BCUT2D eigenvalue weighted by Gasteiger charge is 2.40. The molecule has 1 aromatic rings. The molecule has 2 aliphatic carbocycles. The number of rotatable bonds is 4. The highest BCUT2D eigenvalue weighted by molar-refractivity contribution is 7.90. The van der Waals surface area contributed by atoms with E-state index in [1.165, 1.54) is 11.1 Å². The number of carbonyl (C=O) groups excluding carboxylic acids is 2. The van der Waals surface area contributed by atoms with Gasteiger partial charge in [0.15, 0.2) is 0 Å². The third-order valence-corrected chi connectivity index (χ3v) is 7.94. The van der Waals surface area contributed by atoms with Crippen molar-refractivity contribution in [2.24, 2.45) is 0 Å². The minimum absolute atomic E-state index is 0.133. The molecule has 1 heterocycles. The van der Waals surface area contributed by atoms with Crippen LogP contribution in [0.15, 0.2) is 6.07 Å². The zero-order valence-corrected chi connectivity index (χ0v) is 17.7. The van der Waals surface area contributed by atoms with Gasteiger partial charge in [-0.15, -0.1) is 0 Å². The number of likely N-dealkylation sites (tertiary alicyclic amines) is 1. The Balaban J connectivity index is 1.47. The molecule has 0 bridgehead atoms. The number of aryl methyl sites for hydroxylation is 2. The van der Waals surface area contributed by atoms with Gasteiger partial charge in [-0.25, -0.2) is 17.9 Å². The van der Waals surface area contributed by atoms with E-state index in [0.717, 1.165) is 49.7 Å². The number of anilines is 1. The third-order valence-electron chi connectivity index (χ3n) is 6.21. The average Bonchev–Trinajstić information content (AvgIpc) is 3.30. The number of hydrogen-bond donors (Lipinski definition) is 2. The number of fused-ring (bicyclic) bond motifs is 2. The Bertz CT molecular complexity index is 991. The lowest BCUT2D eigenvalue weighted by Gasteiger charge is -2.32. The van der Waals surface area contributed by atoms with E-state index < -0.39 is 46.5 Å². The molecule has 0 spiro atoms. The maximum atomic E-state index is 12.7. The fourth-order valence-corrected chi connectivity index (χ4v) is 6.10. The van der Waals surface area contributed by atoms with Crippen LogP contribution in [0.5, 0.6) is 0 Å². The summed E-state index contributed by atoms with van der Waals surface area (Å²) in [6.07, 6.45) is 0.319. The molecule has 2 N–H and O–H groups in total. The second kappa shape index (κ2) is 7.99. The van der Waals surface area contributed by atoms with E-state index in [4.69, 9.17) is 0 Å². The first-order chi connectivity index (χ1) is 14.5. The van der Waals surface area contributed by atoms with E-state index in [9.17, 15) is 31.2 Å². The molecule has 1 fully saturated rings. The molecule has 1 unspecified atom stereocenters. The van der Waals surface area contributed by atoms with Crippen LogP contribution in [0.1, 0.15) is 47.9 Å². The van der Waals surface area contributed by atoms with Crippen LogP contribution in [0.2, 0.25) is 0 Å². The van der Waals surface area contributed by atoms with E-state index in [-0.39, 0.29) is 12.8 Å². The van der Waals surface area contributed by atoms with Crippen LogP contribution in [0.4, 0.5) is 23.7 Å². The fourth-order valence-electron chi connectivity index (χ4n) is 4.82. The maximum absolute atomic E-state index is 12.7. The van der Waals surface area contributed by atoms with Crippen LogP contribution in [0, 0.1) is 0 Å². The molecule has 0 saturated carbocycles. The highest BCUT2D eigenvalue weighted by Crippen LogP contribution is 2.38. The van der Waals surface area contributed by atoms with Crippen LogP contribution in [-0.4, -0.2) is 49.8 Å². The average molecular weight is 459 g/mol. The van der Waals surface area contributed by atoms with Crippen LogP contribution in [0.25, 0.3) is 0 Å². The molecule has 31 heavy (non-hydrogen) atoms. The summed E-state index contributed by atoms with van der Waals surface area (Å²) in [7, 11) is -4.27. The lowest BCUT2D eigenvalue weighted by molar-refractivity contribution is -0.163. The molecule has 0 radical (unpaired) electrons. The molecule has 4 rings (SSSR count). The number of sulfonamides is 1. The summed E-state index contributed by atoms with van der Waals surface area (Å²) in [6.45, 7) is -2.11. The Labute approximate surface area is 178 Å². The van der Waals surface area contributed by atoms with E-state index in [2.05, 4.69) is 11.4 Å². The van der Waals surface area contributed by atoms with Crippen molar-refractivity contribution in [2.75, 3.05) is 18.4 Å². The summed E-state index contributed by atoms with van der Waals surface area (Å²) in [5.41, 5.74) is 5.09. The minimum Gasteiger partial charge on any atom is -0.332 e. The summed E-state index contributed by atoms with van der Waals surface area (Å²) < 4.78 is 65.4. The first-order valence-corrected chi connectivity index (χ1v) is 11.9. The Hall–Kier alpha value is -2.30. The van der Waals surface area contributed by atoms with Crippen molar-refractivity contribution in [2.45, 2.75) is 62.8 Å². The third kappa shape index (κ3) is 4.65. The highest BCUT2D eigenvalue weighted by atomic mass is 32.2. The number of amides is 3. The van der Waals surface area contributed by atoms with Crippen molar-refractivity contribution in [3.05, 3.63) is 28.3 Å². The maximum Gasteiger partial charge on any atom is 0.406 e. The number of nitrogens with zero attached hydrogens (tertiary/aromatic N) is 1. The van der Waals surface area contributed by atoms with E-state index in [1.54, 1.807) is 0 Å². The molecule has 1 atom stereocenters. The van der Waals surface area contributed by atoms with Gasteiger partial charge < -0.3 is 10.2 Å². The molecule has 1 aliphatic heterocycles. The van der Waals surface area contributed by atoms with E-state index in [1.807, 2.05) is 4.72 Å². The predicted molar refractivity (Wildman–Crippen MR) is 107 cm³/mol. The quantitative estimate of drug-likeness (QED) is 0.724. The topological polar surface area (TPSA) is 95.6 Å². The van der Waals surface area contributed by atoms with Crippen LogP contribution >= 0.6 is 0 Å². The lowest BCUT2D eigenvalue weighted by Crippen LogP contribution is -2.52.